The zero-order chi connectivity index (χ0) is 15.3. The molecule has 0 atom stereocenters. The summed E-state index contributed by atoms with van der Waals surface area (Å²) < 4.78 is 29.5. The van der Waals surface area contributed by atoms with Crippen LogP contribution in [0, 0.1) is 0 Å². The van der Waals surface area contributed by atoms with Gasteiger partial charge in [0.25, 0.3) is 5.91 Å². The Labute approximate surface area is 127 Å². The van der Waals surface area contributed by atoms with Gasteiger partial charge in [-0.25, -0.2) is 13.1 Å². The molecule has 0 spiro atoms. The van der Waals surface area contributed by atoms with Crippen LogP contribution in [0.4, 0.5) is 0 Å². The molecule has 0 saturated carbocycles. The summed E-state index contributed by atoms with van der Waals surface area (Å²) in [5.74, 6) is 0.524. The molecule has 0 unspecified atom stereocenters. The minimum Gasteiger partial charge on any atom is -0.467 e. The van der Waals surface area contributed by atoms with E-state index in [-0.39, 0.29) is 5.91 Å². The average molecular weight is 328 g/mol. The molecule has 0 aromatic carbocycles. The van der Waals surface area contributed by atoms with Crippen molar-refractivity contribution >= 4 is 27.3 Å². The van der Waals surface area contributed by atoms with Crippen molar-refractivity contribution in [2.75, 3.05) is 12.8 Å². The Morgan fingerprint density at radius 2 is 2.14 bits per heavy atom. The molecule has 114 valence electrons. The summed E-state index contributed by atoms with van der Waals surface area (Å²) in [6, 6.07) is 7.12. The monoisotopic (exact) mass is 328 g/mol. The molecule has 0 fully saturated rings. The fourth-order valence-corrected chi connectivity index (χ4v) is 3.06. The average Bonchev–Trinajstić information content (AvgIpc) is 3.05. The molecule has 2 rings (SSSR count). The van der Waals surface area contributed by atoms with Crippen LogP contribution < -0.4 is 10.0 Å². The van der Waals surface area contributed by atoms with E-state index >= 15 is 0 Å². The van der Waals surface area contributed by atoms with Crippen molar-refractivity contribution < 1.29 is 17.6 Å². The Morgan fingerprint density at radius 3 is 2.81 bits per heavy atom. The van der Waals surface area contributed by atoms with Gasteiger partial charge < -0.3 is 9.73 Å². The Bertz CT molecular complexity index is 690. The van der Waals surface area contributed by atoms with Crippen molar-refractivity contribution in [1.82, 2.24) is 10.0 Å². The van der Waals surface area contributed by atoms with Crippen LogP contribution in [0.1, 0.15) is 20.3 Å². The highest BCUT2D eigenvalue weighted by Crippen LogP contribution is 2.17. The second kappa shape index (κ2) is 6.88. The summed E-state index contributed by atoms with van der Waals surface area (Å²) in [7, 11) is -3.17. The second-order valence-electron chi connectivity index (χ2n) is 4.44. The number of carbonyl (C=O) groups excluding carboxylic acids is 1. The summed E-state index contributed by atoms with van der Waals surface area (Å²) in [4.78, 5) is 13.5. The molecule has 0 radical (unpaired) electrons. The number of amides is 1. The summed E-state index contributed by atoms with van der Waals surface area (Å²) in [5, 5.41) is 2.76. The lowest BCUT2D eigenvalue weighted by Gasteiger charge is -2.01. The molecule has 21 heavy (non-hydrogen) atoms. The minimum atomic E-state index is -3.17. The predicted octanol–water partition coefficient (Wildman–Crippen LogP) is 1.36. The van der Waals surface area contributed by atoms with Crippen LogP contribution in [0.15, 0.2) is 34.9 Å². The largest absolute Gasteiger partial charge is 0.467 e. The van der Waals surface area contributed by atoms with Crippen LogP contribution in [-0.2, 0) is 23.0 Å². The molecule has 2 aromatic rings. The zero-order valence-corrected chi connectivity index (χ0v) is 13.1. The van der Waals surface area contributed by atoms with Crippen LogP contribution in [0.5, 0.6) is 0 Å². The number of carbonyl (C=O) groups is 1. The van der Waals surface area contributed by atoms with Crippen molar-refractivity contribution in [3.63, 3.8) is 0 Å². The molecule has 2 heterocycles. The number of hydrogen-bond acceptors (Lipinski definition) is 5. The van der Waals surface area contributed by atoms with E-state index in [2.05, 4.69) is 10.0 Å². The fraction of sp³-hybridized carbons (Fsp3) is 0.308. The lowest BCUT2D eigenvalue weighted by Crippen LogP contribution is -2.24. The van der Waals surface area contributed by atoms with Gasteiger partial charge in [0.1, 0.15) is 5.76 Å². The molecule has 0 saturated heterocycles. The first kappa shape index (κ1) is 15.7. The Hall–Kier alpha value is -1.64. The van der Waals surface area contributed by atoms with E-state index in [1.807, 2.05) is 6.07 Å². The van der Waals surface area contributed by atoms with E-state index in [0.29, 0.717) is 30.1 Å². The molecule has 8 heteroatoms. The molecule has 0 aliphatic heterocycles. The maximum absolute atomic E-state index is 11.9. The molecule has 0 bridgehead atoms. The van der Waals surface area contributed by atoms with Gasteiger partial charge in [-0.15, -0.1) is 11.3 Å². The standard InChI is InChI=1S/C13H16N2O4S2/c1-21(17,18)15-7-6-11-4-5-12(20-11)13(16)14-9-10-3-2-8-19-10/h2-5,8,15H,6-7,9H2,1H3,(H,14,16). The fourth-order valence-electron chi connectivity index (χ4n) is 1.66. The van der Waals surface area contributed by atoms with Crippen molar-refractivity contribution in [3.05, 3.63) is 46.0 Å². The van der Waals surface area contributed by atoms with Crippen LogP contribution in [-0.4, -0.2) is 27.1 Å². The molecule has 0 aliphatic rings. The molecule has 6 nitrogen and oxygen atoms in total. The van der Waals surface area contributed by atoms with E-state index in [4.69, 9.17) is 4.42 Å². The third-order valence-corrected chi connectivity index (χ3v) is 4.50. The first-order valence-corrected chi connectivity index (χ1v) is 8.99. The Balaban J connectivity index is 1.82. The molecule has 2 N–H and O–H groups in total. The van der Waals surface area contributed by atoms with Crippen molar-refractivity contribution in [3.8, 4) is 0 Å². The maximum atomic E-state index is 11.9. The van der Waals surface area contributed by atoms with Gasteiger partial charge in [0.05, 0.1) is 23.9 Å². The normalized spacial score (nSPS) is 11.5. The van der Waals surface area contributed by atoms with Crippen molar-refractivity contribution in [2.45, 2.75) is 13.0 Å². The summed E-state index contributed by atoms with van der Waals surface area (Å²) >= 11 is 1.35. The van der Waals surface area contributed by atoms with Crippen LogP contribution in [0.2, 0.25) is 0 Å². The van der Waals surface area contributed by atoms with Gasteiger partial charge in [-0.1, -0.05) is 0 Å². The summed E-state index contributed by atoms with van der Waals surface area (Å²) in [5.41, 5.74) is 0. The van der Waals surface area contributed by atoms with Crippen LogP contribution in [0.3, 0.4) is 0 Å². The molecular formula is C13H16N2O4S2. The number of thiophene rings is 1. The van der Waals surface area contributed by atoms with Gasteiger partial charge in [0.15, 0.2) is 0 Å². The third-order valence-electron chi connectivity index (χ3n) is 2.62. The number of hydrogen-bond donors (Lipinski definition) is 2. The van der Waals surface area contributed by atoms with Gasteiger partial charge >= 0.3 is 0 Å². The third kappa shape index (κ3) is 5.33. The Morgan fingerprint density at radius 1 is 1.33 bits per heavy atom. The first-order valence-electron chi connectivity index (χ1n) is 6.28. The predicted molar refractivity (Wildman–Crippen MR) is 80.7 cm³/mol. The van der Waals surface area contributed by atoms with E-state index in [9.17, 15) is 13.2 Å². The maximum Gasteiger partial charge on any atom is 0.261 e. The van der Waals surface area contributed by atoms with Gasteiger partial charge in [-0.3, -0.25) is 4.79 Å². The van der Waals surface area contributed by atoms with Gasteiger partial charge in [-0.2, -0.15) is 0 Å². The molecular weight excluding hydrogens is 312 g/mol. The van der Waals surface area contributed by atoms with Crippen molar-refractivity contribution in [1.29, 1.82) is 0 Å². The van der Waals surface area contributed by atoms with Crippen LogP contribution >= 0.6 is 11.3 Å². The van der Waals surface area contributed by atoms with Crippen molar-refractivity contribution in [2.24, 2.45) is 0 Å². The van der Waals surface area contributed by atoms with E-state index in [0.717, 1.165) is 11.1 Å². The van der Waals surface area contributed by atoms with E-state index in [1.54, 1.807) is 24.5 Å². The zero-order valence-electron chi connectivity index (χ0n) is 11.5. The SMILES string of the molecule is CS(=O)(=O)NCCc1ccc(C(=O)NCc2ccco2)s1. The number of rotatable bonds is 7. The smallest absolute Gasteiger partial charge is 0.261 e. The highest BCUT2D eigenvalue weighted by molar-refractivity contribution is 7.88. The van der Waals surface area contributed by atoms with Gasteiger partial charge in [0, 0.05) is 11.4 Å². The van der Waals surface area contributed by atoms with Crippen LogP contribution in [0.25, 0.3) is 0 Å². The van der Waals surface area contributed by atoms with Gasteiger partial charge in [0.2, 0.25) is 10.0 Å². The quantitative estimate of drug-likeness (QED) is 0.803. The second-order valence-corrected chi connectivity index (χ2v) is 7.45. The lowest BCUT2D eigenvalue weighted by molar-refractivity contribution is 0.0952. The Kier molecular flexibility index (Phi) is 5.16. The minimum absolute atomic E-state index is 0.168. The molecule has 0 aliphatic carbocycles. The molecule has 2 aromatic heterocycles. The highest BCUT2D eigenvalue weighted by atomic mass is 32.2. The van der Waals surface area contributed by atoms with E-state index in [1.165, 1.54) is 11.3 Å². The van der Waals surface area contributed by atoms with Gasteiger partial charge in [-0.05, 0) is 30.7 Å². The number of nitrogens with one attached hydrogen (secondary N) is 2. The molecule has 1 amide bonds. The topological polar surface area (TPSA) is 88.4 Å². The number of sulfonamides is 1. The summed E-state index contributed by atoms with van der Waals surface area (Å²) in [6.07, 6.45) is 3.23. The highest BCUT2D eigenvalue weighted by Gasteiger charge is 2.10. The number of furan rings is 1. The first-order chi connectivity index (χ1) is 9.94. The van der Waals surface area contributed by atoms with E-state index < -0.39 is 10.0 Å². The lowest BCUT2D eigenvalue weighted by atomic mass is 10.3. The summed E-state index contributed by atoms with van der Waals surface area (Å²) in [6.45, 7) is 0.668.